The van der Waals surface area contributed by atoms with Gasteiger partial charge in [0.25, 0.3) is 0 Å². The Hall–Kier alpha value is -0.840. The third-order valence-corrected chi connectivity index (χ3v) is 4.10. The van der Waals surface area contributed by atoms with Crippen LogP contribution in [0.3, 0.4) is 0 Å². The van der Waals surface area contributed by atoms with Gasteiger partial charge >= 0.3 is 0 Å². The van der Waals surface area contributed by atoms with Crippen molar-refractivity contribution < 1.29 is 4.42 Å². The van der Waals surface area contributed by atoms with Crippen molar-refractivity contribution in [1.82, 2.24) is 15.1 Å². The summed E-state index contributed by atoms with van der Waals surface area (Å²) < 4.78 is 5.40. The lowest BCUT2D eigenvalue weighted by Crippen LogP contribution is -2.52. The van der Waals surface area contributed by atoms with E-state index in [1.54, 1.807) is 6.26 Å². The van der Waals surface area contributed by atoms with Gasteiger partial charge in [-0.2, -0.15) is 0 Å². The molecule has 0 aromatic carbocycles. The molecule has 1 fully saturated rings. The first-order valence-corrected chi connectivity index (χ1v) is 7.44. The molecule has 1 aromatic heterocycles. The van der Waals surface area contributed by atoms with Crippen molar-refractivity contribution >= 4 is 0 Å². The van der Waals surface area contributed by atoms with E-state index in [9.17, 15) is 0 Å². The Labute approximate surface area is 116 Å². The molecule has 2 heterocycles. The fourth-order valence-corrected chi connectivity index (χ4v) is 2.82. The fourth-order valence-electron chi connectivity index (χ4n) is 2.82. The molecule has 19 heavy (non-hydrogen) atoms. The maximum Gasteiger partial charge on any atom is 0.120 e. The molecule has 0 spiro atoms. The Kier molecular flexibility index (Phi) is 5.43. The van der Waals surface area contributed by atoms with Gasteiger partial charge in [0.05, 0.1) is 12.3 Å². The Morgan fingerprint density at radius 3 is 2.95 bits per heavy atom. The Morgan fingerprint density at radius 1 is 1.47 bits per heavy atom. The van der Waals surface area contributed by atoms with Crippen molar-refractivity contribution in [1.29, 1.82) is 0 Å². The topological polar surface area (TPSA) is 31.6 Å². The van der Waals surface area contributed by atoms with Gasteiger partial charge in [-0.05, 0) is 32.5 Å². The molecule has 4 heteroatoms. The number of rotatable bonds is 6. The van der Waals surface area contributed by atoms with E-state index in [1.807, 2.05) is 12.1 Å². The summed E-state index contributed by atoms with van der Waals surface area (Å²) in [6, 6.07) is 4.95. The minimum Gasteiger partial charge on any atom is -0.468 e. The maximum absolute atomic E-state index is 5.40. The molecule has 108 valence electrons. The molecule has 1 N–H and O–H groups in total. The molecular weight excluding hydrogens is 238 g/mol. The van der Waals surface area contributed by atoms with E-state index in [1.165, 1.54) is 26.2 Å². The Morgan fingerprint density at radius 2 is 2.32 bits per heavy atom. The van der Waals surface area contributed by atoms with Gasteiger partial charge in [0, 0.05) is 38.8 Å². The molecule has 2 atom stereocenters. The molecule has 1 saturated heterocycles. The van der Waals surface area contributed by atoms with E-state index in [-0.39, 0.29) is 0 Å². The van der Waals surface area contributed by atoms with Crippen LogP contribution in [0.4, 0.5) is 0 Å². The van der Waals surface area contributed by atoms with Gasteiger partial charge in [-0.3, -0.25) is 9.80 Å². The van der Waals surface area contributed by atoms with E-state index in [4.69, 9.17) is 4.42 Å². The zero-order valence-electron chi connectivity index (χ0n) is 12.4. The predicted molar refractivity (Wildman–Crippen MR) is 78.3 cm³/mol. The summed E-state index contributed by atoms with van der Waals surface area (Å²) in [7, 11) is 0. The molecule has 0 bridgehead atoms. The second-order valence-electron chi connectivity index (χ2n) is 5.47. The Bertz CT molecular complexity index is 352. The summed E-state index contributed by atoms with van der Waals surface area (Å²) in [5.74, 6) is 1.02. The summed E-state index contributed by atoms with van der Waals surface area (Å²) in [5.41, 5.74) is 0. The molecule has 0 aliphatic carbocycles. The van der Waals surface area contributed by atoms with Crippen LogP contribution >= 0.6 is 0 Å². The highest BCUT2D eigenvalue weighted by Crippen LogP contribution is 2.12. The van der Waals surface area contributed by atoms with E-state index >= 15 is 0 Å². The third kappa shape index (κ3) is 4.06. The van der Waals surface area contributed by atoms with Crippen molar-refractivity contribution in [3.8, 4) is 0 Å². The van der Waals surface area contributed by atoms with Gasteiger partial charge in [-0.1, -0.05) is 6.92 Å². The molecule has 4 nitrogen and oxygen atoms in total. The standard InChI is InChI=1S/C15H27N3O/c1-4-18-10-9-17(12-13(18)2)8-7-16-14(3)15-6-5-11-19-15/h5-6,11,13-14,16H,4,7-10,12H2,1-3H3. The van der Waals surface area contributed by atoms with Crippen LogP contribution in [0.15, 0.2) is 22.8 Å². The van der Waals surface area contributed by atoms with Crippen molar-refractivity contribution in [2.24, 2.45) is 0 Å². The predicted octanol–water partition coefficient (Wildman–Crippen LogP) is 1.96. The minimum absolute atomic E-state index is 0.296. The molecule has 1 aliphatic rings. The number of nitrogens with zero attached hydrogens (tertiary/aromatic N) is 2. The van der Waals surface area contributed by atoms with Crippen molar-refractivity contribution in [2.45, 2.75) is 32.9 Å². The molecule has 0 amide bonds. The van der Waals surface area contributed by atoms with Gasteiger partial charge in [0.15, 0.2) is 0 Å². The molecule has 2 rings (SSSR count). The summed E-state index contributed by atoms with van der Waals surface area (Å²) in [4.78, 5) is 5.11. The molecule has 1 aliphatic heterocycles. The SMILES string of the molecule is CCN1CCN(CCNC(C)c2ccco2)CC1C. The van der Waals surface area contributed by atoms with Crippen LogP contribution in [-0.4, -0.2) is 55.1 Å². The largest absolute Gasteiger partial charge is 0.468 e. The Balaban J connectivity index is 1.66. The second kappa shape index (κ2) is 7.08. The van der Waals surface area contributed by atoms with Crippen LogP contribution in [0.2, 0.25) is 0 Å². The average molecular weight is 265 g/mol. The van der Waals surface area contributed by atoms with E-state index in [2.05, 4.69) is 35.9 Å². The van der Waals surface area contributed by atoms with Gasteiger partial charge in [-0.25, -0.2) is 0 Å². The zero-order chi connectivity index (χ0) is 13.7. The van der Waals surface area contributed by atoms with E-state index in [0.717, 1.165) is 18.8 Å². The lowest BCUT2D eigenvalue weighted by molar-refractivity contribution is 0.0882. The zero-order valence-corrected chi connectivity index (χ0v) is 12.4. The van der Waals surface area contributed by atoms with Crippen LogP contribution in [0, 0.1) is 0 Å². The van der Waals surface area contributed by atoms with Gasteiger partial charge in [0.1, 0.15) is 5.76 Å². The quantitative estimate of drug-likeness (QED) is 0.852. The molecular formula is C15H27N3O. The summed E-state index contributed by atoms with van der Waals surface area (Å²) in [6.07, 6.45) is 1.74. The summed E-state index contributed by atoms with van der Waals surface area (Å²) in [6.45, 7) is 13.6. The lowest BCUT2D eigenvalue weighted by atomic mass is 10.2. The highest BCUT2D eigenvalue weighted by Gasteiger charge is 2.21. The number of piperazine rings is 1. The fraction of sp³-hybridized carbons (Fsp3) is 0.733. The van der Waals surface area contributed by atoms with Crippen molar-refractivity contribution in [3.05, 3.63) is 24.2 Å². The van der Waals surface area contributed by atoms with Gasteiger partial charge in [-0.15, -0.1) is 0 Å². The van der Waals surface area contributed by atoms with Crippen LogP contribution in [-0.2, 0) is 0 Å². The maximum atomic E-state index is 5.40. The van der Waals surface area contributed by atoms with Gasteiger partial charge in [0.2, 0.25) is 0 Å². The molecule has 0 saturated carbocycles. The number of nitrogens with one attached hydrogen (secondary N) is 1. The third-order valence-electron chi connectivity index (χ3n) is 4.10. The van der Waals surface area contributed by atoms with Crippen LogP contribution < -0.4 is 5.32 Å². The lowest BCUT2D eigenvalue weighted by Gasteiger charge is -2.39. The monoisotopic (exact) mass is 265 g/mol. The smallest absolute Gasteiger partial charge is 0.120 e. The van der Waals surface area contributed by atoms with Crippen LogP contribution in [0.1, 0.15) is 32.6 Å². The molecule has 2 unspecified atom stereocenters. The highest BCUT2D eigenvalue weighted by atomic mass is 16.3. The number of hydrogen-bond donors (Lipinski definition) is 1. The van der Waals surface area contributed by atoms with Crippen LogP contribution in [0.5, 0.6) is 0 Å². The highest BCUT2D eigenvalue weighted by molar-refractivity contribution is 5.02. The summed E-state index contributed by atoms with van der Waals surface area (Å²) >= 11 is 0. The minimum atomic E-state index is 0.296. The van der Waals surface area contributed by atoms with Crippen LogP contribution in [0.25, 0.3) is 0 Å². The van der Waals surface area contributed by atoms with E-state index < -0.39 is 0 Å². The first-order valence-electron chi connectivity index (χ1n) is 7.44. The van der Waals surface area contributed by atoms with Crippen molar-refractivity contribution in [2.75, 3.05) is 39.3 Å². The first-order chi connectivity index (χ1) is 9.20. The number of furan rings is 1. The average Bonchev–Trinajstić information content (AvgIpc) is 2.93. The van der Waals surface area contributed by atoms with Crippen molar-refractivity contribution in [3.63, 3.8) is 0 Å². The van der Waals surface area contributed by atoms with E-state index in [0.29, 0.717) is 12.1 Å². The molecule has 1 aromatic rings. The number of likely N-dealkylation sites (N-methyl/N-ethyl adjacent to an activating group) is 1. The molecule has 0 radical (unpaired) electrons. The normalized spacial score (nSPS) is 23.6. The van der Waals surface area contributed by atoms with Gasteiger partial charge < -0.3 is 9.73 Å². The first kappa shape index (κ1) is 14.6. The summed E-state index contributed by atoms with van der Waals surface area (Å²) in [5, 5.41) is 3.52. The second-order valence-corrected chi connectivity index (χ2v) is 5.47. The number of hydrogen-bond acceptors (Lipinski definition) is 4.